The third-order valence-corrected chi connectivity index (χ3v) is 4.89. The molecule has 1 aliphatic carbocycles. The summed E-state index contributed by atoms with van der Waals surface area (Å²) in [5.74, 6) is 1.09. The molecule has 2 fully saturated rings. The molecule has 2 heterocycles. The Hall–Kier alpha value is -2.07. The third-order valence-electron chi connectivity index (χ3n) is 4.89. The molecule has 4 heteroatoms. The van der Waals surface area contributed by atoms with Crippen molar-refractivity contribution in [1.29, 1.82) is 0 Å². The molecule has 2 aliphatic rings. The van der Waals surface area contributed by atoms with Crippen LogP contribution < -0.4 is 0 Å². The zero-order chi connectivity index (χ0) is 15.6. The number of rotatable bonds is 4. The molecule has 1 aromatic carbocycles. The van der Waals surface area contributed by atoms with Crippen molar-refractivity contribution in [3.63, 3.8) is 0 Å². The Balaban J connectivity index is 1.37. The van der Waals surface area contributed by atoms with Crippen LogP contribution in [-0.2, 0) is 0 Å². The first-order valence-corrected chi connectivity index (χ1v) is 8.54. The summed E-state index contributed by atoms with van der Waals surface area (Å²) in [6.45, 7) is 4.97. The minimum Gasteiger partial charge on any atom is -0.336 e. The van der Waals surface area contributed by atoms with Crippen molar-refractivity contribution < 1.29 is 4.79 Å². The van der Waals surface area contributed by atoms with E-state index in [0.29, 0.717) is 0 Å². The molecule has 4 nitrogen and oxygen atoms in total. The van der Waals surface area contributed by atoms with Gasteiger partial charge in [-0.3, -0.25) is 9.69 Å². The van der Waals surface area contributed by atoms with Crippen LogP contribution >= 0.6 is 0 Å². The third kappa shape index (κ3) is 3.32. The largest absolute Gasteiger partial charge is 0.336 e. The molecule has 120 valence electrons. The van der Waals surface area contributed by atoms with Gasteiger partial charge in [-0.25, -0.2) is 0 Å². The fourth-order valence-electron chi connectivity index (χ4n) is 3.26. The Morgan fingerprint density at radius 2 is 1.61 bits per heavy atom. The Labute approximate surface area is 137 Å². The fourth-order valence-corrected chi connectivity index (χ4v) is 3.26. The molecule has 0 N–H and O–H groups in total. The molecule has 4 rings (SSSR count). The topological polar surface area (TPSA) is 28.5 Å². The van der Waals surface area contributed by atoms with Gasteiger partial charge in [-0.2, -0.15) is 0 Å². The number of aromatic nitrogens is 1. The number of benzene rings is 1. The molecule has 0 atom stereocenters. The summed E-state index contributed by atoms with van der Waals surface area (Å²) in [5.41, 5.74) is 1.87. The van der Waals surface area contributed by atoms with E-state index in [2.05, 4.69) is 4.90 Å². The summed E-state index contributed by atoms with van der Waals surface area (Å²) >= 11 is 0. The molecule has 0 radical (unpaired) electrons. The maximum absolute atomic E-state index is 12.6. The summed E-state index contributed by atoms with van der Waals surface area (Å²) in [5, 5.41) is 0. The van der Waals surface area contributed by atoms with Crippen LogP contribution in [0.5, 0.6) is 0 Å². The van der Waals surface area contributed by atoms with Crippen LogP contribution in [0.1, 0.15) is 23.2 Å². The second-order valence-corrected chi connectivity index (χ2v) is 6.67. The minimum atomic E-state index is 0.162. The lowest BCUT2D eigenvalue weighted by molar-refractivity contribution is 0.0632. The van der Waals surface area contributed by atoms with Crippen molar-refractivity contribution in [2.45, 2.75) is 12.8 Å². The average Bonchev–Trinajstić information content (AvgIpc) is 3.24. The Morgan fingerprint density at radius 1 is 0.957 bits per heavy atom. The molecule has 1 amide bonds. The van der Waals surface area contributed by atoms with Crippen LogP contribution in [0.15, 0.2) is 48.8 Å². The second-order valence-electron chi connectivity index (χ2n) is 6.67. The molecule has 0 spiro atoms. The number of carbonyl (C=O) groups excluding carboxylic acids is 1. The van der Waals surface area contributed by atoms with Gasteiger partial charge in [0.1, 0.15) is 0 Å². The summed E-state index contributed by atoms with van der Waals surface area (Å²) in [6, 6.07) is 11.9. The van der Waals surface area contributed by atoms with E-state index in [1.165, 1.54) is 19.4 Å². The quantitative estimate of drug-likeness (QED) is 0.868. The number of nitrogens with zero attached hydrogens (tertiary/aromatic N) is 3. The first-order valence-electron chi connectivity index (χ1n) is 8.54. The second kappa shape index (κ2) is 6.20. The summed E-state index contributed by atoms with van der Waals surface area (Å²) in [6.07, 6.45) is 6.81. The van der Waals surface area contributed by atoms with Gasteiger partial charge in [0.05, 0.1) is 0 Å². The van der Waals surface area contributed by atoms with Crippen molar-refractivity contribution >= 4 is 5.91 Å². The molecule has 1 saturated heterocycles. The van der Waals surface area contributed by atoms with Gasteiger partial charge < -0.3 is 9.47 Å². The van der Waals surface area contributed by atoms with E-state index in [9.17, 15) is 4.79 Å². The molecule has 23 heavy (non-hydrogen) atoms. The van der Waals surface area contributed by atoms with Crippen molar-refractivity contribution in [2.24, 2.45) is 5.92 Å². The molecular formula is C19H23N3O. The SMILES string of the molecule is O=C(c1ccc(-n2cccc2)cc1)N1CCN(CC2CC2)CC1. The predicted molar refractivity (Wildman–Crippen MR) is 90.8 cm³/mol. The maximum atomic E-state index is 12.6. The fraction of sp³-hybridized carbons (Fsp3) is 0.421. The molecule has 0 bridgehead atoms. The van der Waals surface area contributed by atoms with Gasteiger partial charge in [0.25, 0.3) is 5.91 Å². The van der Waals surface area contributed by atoms with E-state index in [1.54, 1.807) is 0 Å². The lowest BCUT2D eigenvalue weighted by Gasteiger charge is -2.34. The number of piperazine rings is 1. The molecular weight excluding hydrogens is 286 g/mol. The van der Waals surface area contributed by atoms with E-state index in [0.717, 1.165) is 43.3 Å². The smallest absolute Gasteiger partial charge is 0.253 e. The van der Waals surface area contributed by atoms with E-state index in [-0.39, 0.29) is 5.91 Å². The Bertz CT molecular complexity index is 650. The van der Waals surface area contributed by atoms with E-state index in [4.69, 9.17) is 0 Å². The van der Waals surface area contributed by atoms with Crippen LogP contribution in [-0.4, -0.2) is 53.0 Å². The highest BCUT2D eigenvalue weighted by molar-refractivity contribution is 5.94. The molecule has 1 saturated carbocycles. The number of amides is 1. The molecule has 0 unspecified atom stereocenters. The standard InChI is InChI=1S/C19H23N3O/c23-19(22-13-11-20(12-14-22)15-16-3-4-16)17-5-7-18(8-6-17)21-9-1-2-10-21/h1-2,5-10,16H,3-4,11-15H2. The van der Waals surface area contributed by atoms with Gasteiger partial charge in [-0.15, -0.1) is 0 Å². The summed E-state index contributed by atoms with van der Waals surface area (Å²) in [4.78, 5) is 17.1. The zero-order valence-electron chi connectivity index (χ0n) is 13.4. The van der Waals surface area contributed by atoms with Crippen molar-refractivity contribution in [1.82, 2.24) is 14.4 Å². The Kier molecular flexibility index (Phi) is 3.92. The van der Waals surface area contributed by atoms with Gasteiger partial charge in [0.15, 0.2) is 0 Å². The molecule has 1 aromatic heterocycles. The predicted octanol–water partition coefficient (Wildman–Crippen LogP) is 2.65. The summed E-state index contributed by atoms with van der Waals surface area (Å²) in [7, 11) is 0. The summed E-state index contributed by atoms with van der Waals surface area (Å²) < 4.78 is 2.05. The van der Waals surface area contributed by atoms with Crippen LogP contribution in [0, 0.1) is 5.92 Å². The van der Waals surface area contributed by atoms with Crippen LogP contribution in [0.2, 0.25) is 0 Å². The van der Waals surface area contributed by atoms with Crippen molar-refractivity contribution in [3.05, 3.63) is 54.4 Å². The lowest BCUT2D eigenvalue weighted by atomic mass is 10.1. The molecule has 1 aliphatic heterocycles. The highest BCUT2D eigenvalue weighted by Crippen LogP contribution is 2.30. The maximum Gasteiger partial charge on any atom is 0.253 e. The van der Waals surface area contributed by atoms with Crippen LogP contribution in [0.25, 0.3) is 5.69 Å². The van der Waals surface area contributed by atoms with Crippen molar-refractivity contribution in [3.8, 4) is 5.69 Å². The van der Waals surface area contributed by atoms with Crippen molar-refractivity contribution in [2.75, 3.05) is 32.7 Å². The first-order chi connectivity index (χ1) is 11.3. The number of hydrogen-bond acceptors (Lipinski definition) is 2. The van der Waals surface area contributed by atoms with Gasteiger partial charge in [-0.05, 0) is 55.2 Å². The lowest BCUT2D eigenvalue weighted by Crippen LogP contribution is -2.49. The minimum absolute atomic E-state index is 0.162. The van der Waals surface area contributed by atoms with Crippen LogP contribution in [0.4, 0.5) is 0 Å². The normalized spacial score (nSPS) is 19.0. The van der Waals surface area contributed by atoms with Gasteiger partial charge in [0.2, 0.25) is 0 Å². The zero-order valence-corrected chi connectivity index (χ0v) is 13.4. The van der Waals surface area contributed by atoms with E-state index >= 15 is 0 Å². The number of hydrogen-bond donors (Lipinski definition) is 0. The monoisotopic (exact) mass is 309 g/mol. The van der Waals surface area contributed by atoms with E-state index < -0.39 is 0 Å². The van der Waals surface area contributed by atoms with E-state index in [1.807, 2.05) is 58.3 Å². The molecule has 2 aromatic rings. The Morgan fingerprint density at radius 3 is 2.22 bits per heavy atom. The highest BCUT2D eigenvalue weighted by Gasteiger charge is 2.27. The van der Waals surface area contributed by atoms with Gasteiger partial charge in [0, 0.05) is 56.4 Å². The van der Waals surface area contributed by atoms with Gasteiger partial charge in [-0.1, -0.05) is 0 Å². The average molecular weight is 309 g/mol. The first kappa shape index (κ1) is 14.5. The van der Waals surface area contributed by atoms with Gasteiger partial charge >= 0.3 is 0 Å². The number of carbonyl (C=O) groups is 1. The van der Waals surface area contributed by atoms with Crippen LogP contribution in [0.3, 0.4) is 0 Å². The highest BCUT2D eigenvalue weighted by atomic mass is 16.2.